The summed E-state index contributed by atoms with van der Waals surface area (Å²) >= 11 is 1.74. The predicted octanol–water partition coefficient (Wildman–Crippen LogP) is 2.11. The van der Waals surface area contributed by atoms with E-state index in [0.29, 0.717) is 6.04 Å². The lowest BCUT2D eigenvalue weighted by molar-refractivity contribution is 0.147. The van der Waals surface area contributed by atoms with Gasteiger partial charge >= 0.3 is 0 Å². The first-order chi connectivity index (χ1) is 8.65. The van der Waals surface area contributed by atoms with Crippen LogP contribution in [0.3, 0.4) is 0 Å². The minimum absolute atomic E-state index is 0.506. The van der Waals surface area contributed by atoms with E-state index in [9.17, 15) is 0 Å². The number of nitrogens with one attached hydrogen (secondary N) is 1. The van der Waals surface area contributed by atoms with Crippen molar-refractivity contribution in [1.82, 2.24) is 15.2 Å². The van der Waals surface area contributed by atoms with Gasteiger partial charge in [0.1, 0.15) is 5.01 Å². The lowest BCUT2D eigenvalue weighted by Crippen LogP contribution is -2.27. The Morgan fingerprint density at radius 2 is 2.28 bits per heavy atom. The molecular weight excluding hydrogens is 246 g/mol. The maximum Gasteiger partial charge on any atom is 0.107 e. The van der Waals surface area contributed by atoms with E-state index in [2.05, 4.69) is 41.4 Å². The fourth-order valence-electron chi connectivity index (χ4n) is 1.59. The first kappa shape index (κ1) is 15.6. The van der Waals surface area contributed by atoms with Crippen LogP contribution < -0.4 is 5.32 Å². The van der Waals surface area contributed by atoms with E-state index in [1.54, 1.807) is 18.4 Å². The summed E-state index contributed by atoms with van der Waals surface area (Å²) < 4.78 is 5.11. The van der Waals surface area contributed by atoms with Gasteiger partial charge in [0.15, 0.2) is 0 Å². The van der Waals surface area contributed by atoms with Crippen molar-refractivity contribution in [2.24, 2.45) is 0 Å². The second-order valence-electron chi connectivity index (χ2n) is 4.63. The van der Waals surface area contributed by atoms with Gasteiger partial charge in [0.2, 0.25) is 0 Å². The normalized spacial score (nSPS) is 11.7. The maximum atomic E-state index is 5.11. The zero-order valence-electron chi connectivity index (χ0n) is 11.9. The number of likely N-dealkylation sites (N-methyl/N-ethyl adjacent to an activating group) is 1. The molecule has 0 saturated heterocycles. The second-order valence-corrected chi connectivity index (χ2v) is 5.57. The monoisotopic (exact) mass is 271 g/mol. The summed E-state index contributed by atoms with van der Waals surface area (Å²) in [5.74, 6) is 0. The molecule has 0 amide bonds. The van der Waals surface area contributed by atoms with Crippen LogP contribution in [0.5, 0.6) is 0 Å². The lowest BCUT2D eigenvalue weighted by Gasteiger charge is -2.18. The Balaban J connectivity index is 2.41. The summed E-state index contributed by atoms with van der Waals surface area (Å²) in [6, 6.07) is 0.506. The van der Waals surface area contributed by atoms with Gasteiger partial charge in [-0.1, -0.05) is 20.8 Å². The van der Waals surface area contributed by atoms with Crippen LogP contribution in [0.4, 0.5) is 0 Å². The number of hydrogen-bond acceptors (Lipinski definition) is 5. The van der Waals surface area contributed by atoms with Crippen molar-refractivity contribution in [1.29, 1.82) is 0 Å². The average Bonchev–Trinajstić information content (AvgIpc) is 2.79. The molecule has 0 spiro atoms. The van der Waals surface area contributed by atoms with Crippen molar-refractivity contribution in [3.8, 4) is 0 Å². The molecule has 0 aliphatic rings. The van der Waals surface area contributed by atoms with Crippen LogP contribution in [0.2, 0.25) is 0 Å². The smallest absolute Gasteiger partial charge is 0.107 e. The molecular formula is C13H25N3OS. The molecule has 0 aliphatic heterocycles. The minimum Gasteiger partial charge on any atom is -0.383 e. The Hall–Kier alpha value is -0.490. The molecule has 1 aromatic heterocycles. The summed E-state index contributed by atoms with van der Waals surface area (Å²) in [4.78, 5) is 7.00. The Kier molecular flexibility index (Phi) is 7.42. The van der Waals surface area contributed by atoms with E-state index in [0.717, 1.165) is 32.8 Å². The maximum absolute atomic E-state index is 5.11. The van der Waals surface area contributed by atoms with Crippen molar-refractivity contribution in [2.45, 2.75) is 39.9 Å². The van der Waals surface area contributed by atoms with Crippen molar-refractivity contribution < 1.29 is 4.74 Å². The largest absolute Gasteiger partial charge is 0.383 e. The second kappa shape index (κ2) is 8.58. The van der Waals surface area contributed by atoms with Crippen molar-refractivity contribution in [3.63, 3.8) is 0 Å². The summed E-state index contributed by atoms with van der Waals surface area (Å²) in [6.07, 6.45) is 0. The molecule has 0 aliphatic carbocycles. The molecule has 104 valence electrons. The van der Waals surface area contributed by atoms with Crippen LogP contribution >= 0.6 is 11.3 Å². The van der Waals surface area contributed by atoms with Gasteiger partial charge in [-0.15, -0.1) is 11.3 Å². The van der Waals surface area contributed by atoms with E-state index in [1.807, 2.05) is 0 Å². The molecule has 0 aromatic carbocycles. The highest BCUT2D eigenvalue weighted by Crippen LogP contribution is 2.11. The molecule has 1 N–H and O–H groups in total. The summed E-state index contributed by atoms with van der Waals surface area (Å²) in [5.41, 5.74) is 1.17. The van der Waals surface area contributed by atoms with Crippen LogP contribution in [0.1, 0.15) is 31.5 Å². The fourth-order valence-corrected chi connectivity index (χ4v) is 2.33. The molecule has 0 atom stereocenters. The molecule has 5 heteroatoms. The van der Waals surface area contributed by atoms with E-state index in [-0.39, 0.29) is 0 Å². The Morgan fingerprint density at radius 3 is 2.89 bits per heavy atom. The Morgan fingerprint density at radius 1 is 1.50 bits per heavy atom. The number of nitrogens with zero attached hydrogens (tertiary/aromatic N) is 2. The van der Waals surface area contributed by atoms with Gasteiger partial charge in [0.05, 0.1) is 12.3 Å². The van der Waals surface area contributed by atoms with Gasteiger partial charge in [-0.2, -0.15) is 0 Å². The highest BCUT2D eigenvalue weighted by molar-refractivity contribution is 7.09. The van der Waals surface area contributed by atoms with E-state index >= 15 is 0 Å². The number of methoxy groups -OCH3 is 1. The summed E-state index contributed by atoms with van der Waals surface area (Å²) in [5, 5.41) is 6.72. The quantitative estimate of drug-likeness (QED) is 0.746. The zero-order valence-corrected chi connectivity index (χ0v) is 12.7. The molecule has 4 nitrogen and oxygen atoms in total. The van der Waals surface area contributed by atoms with Crippen LogP contribution in [0, 0.1) is 0 Å². The predicted molar refractivity (Wildman–Crippen MR) is 76.9 cm³/mol. The molecule has 1 heterocycles. The molecule has 0 bridgehead atoms. The van der Waals surface area contributed by atoms with Gasteiger partial charge in [0.25, 0.3) is 0 Å². The SMILES string of the molecule is CCN(CCOC)Cc1csc(CNC(C)C)n1. The van der Waals surface area contributed by atoms with Gasteiger partial charge < -0.3 is 10.1 Å². The molecule has 0 radical (unpaired) electrons. The third-order valence-electron chi connectivity index (χ3n) is 2.71. The number of thiazole rings is 1. The fraction of sp³-hybridized carbons (Fsp3) is 0.769. The standard InChI is InChI=1S/C13H25N3OS/c1-5-16(6-7-17-4)9-12-10-18-13(15-12)8-14-11(2)3/h10-11,14H,5-9H2,1-4H3. The first-order valence-corrected chi connectivity index (χ1v) is 7.41. The minimum atomic E-state index is 0.506. The summed E-state index contributed by atoms with van der Waals surface area (Å²) in [7, 11) is 1.74. The molecule has 0 fully saturated rings. The van der Waals surface area contributed by atoms with E-state index in [1.165, 1.54) is 10.7 Å². The first-order valence-electron chi connectivity index (χ1n) is 6.53. The third kappa shape index (κ3) is 5.91. The highest BCUT2D eigenvalue weighted by Gasteiger charge is 2.07. The third-order valence-corrected chi connectivity index (χ3v) is 3.60. The van der Waals surface area contributed by atoms with Gasteiger partial charge in [-0.05, 0) is 6.54 Å². The molecule has 0 unspecified atom stereocenters. The van der Waals surface area contributed by atoms with Crippen molar-refractivity contribution >= 4 is 11.3 Å². The van der Waals surface area contributed by atoms with Gasteiger partial charge in [-0.3, -0.25) is 4.90 Å². The van der Waals surface area contributed by atoms with Crippen LogP contribution in [-0.2, 0) is 17.8 Å². The molecule has 1 aromatic rings. The van der Waals surface area contributed by atoms with Crippen LogP contribution in [0.15, 0.2) is 5.38 Å². The van der Waals surface area contributed by atoms with Crippen molar-refractivity contribution in [3.05, 3.63) is 16.1 Å². The average molecular weight is 271 g/mol. The number of rotatable bonds is 9. The molecule has 1 rings (SSSR count). The van der Waals surface area contributed by atoms with E-state index in [4.69, 9.17) is 4.74 Å². The van der Waals surface area contributed by atoms with E-state index < -0.39 is 0 Å². The van der Waals surface area contributed by atoms with Crippen LogP contribution in [-0.4, -0.2) is 42.7 Å². The number of aromatic nitrogens is 1. The highest BCUT2D eigenvalue weighted by atomic mass is 32.1. The van der Waals surface area contributed by atoms with Gasteiger partial charge in [-0.25, -0.2) is 4.98 Å². The summed E-state index contributed by atoms with van der Waals surface area (Å²) in [6.45, 7) is 11.0. The van der Waals surface area contributed by atoms with Gasteiger partial charge in [0, 0.05) is 38.2 Å². The zero-order chi connectivity index (χ0) is 13.4. The molecule has 0 saturated carbocycles. The number of hydrogen-bond donors (Lipinski definition) is 1. The Labute approximate surface area is 114 Å². The Bertz CT molecular complexity index is 328. The van der Waals surface area contributed by atoms with Crippen LogP contribution in [0.25, 0.3) is 0 Å². The van der Waals surface area contributed by atoms with Crippen molar-refractivity contribution in [2.75, 3.05) is 26.8 Å². The lowest BCUT2D eigenvalue weighted by atomic mass is 10.4. The number of ether oxygens (including phenoxy) is 1. The molecule has 18 heavy (non-hydrogen) atoms. The topological polar surface area (TPSA) is 37.4 Å².